The van der Waals surface area contributed by atoms with Crippen molar-refractivity contribution in [2.75, 3.05) is 0 Å². The van der Waals surface area contributed by atoms with E-state index in [1.165, 1.54) is 6.07 Å². The lowest BCUT2D eigenvalue weighted by Gasteiger charge is -2.13. The number of hydrogen-bond donors (Lipinski definition) is 0. The predicted molar refractivity (Wildman–Crippen MR) is 80.2 cm³/mol. The summed E-state index contributed by atoms with van der Waals surface area (Å²) in [6, 6.07) is 9.55. The number of benzene rings is 2. The van der Waals surface area contributed by atoms with Crippen molar-refractivity contribution in [2.45, 2.75) is 11.8 Å². The minimum atomic E-state index is -0.499. The van der Waals surface area contributed by atoms with Crippen molar-refractivity contribution in [1.29, 1.82) is 0 Å². The zero-order valence-electron chi connectivity index (χ0n) is 9.64. The highest BCUT2D eigenvalue weighted by Crippen LogP contribution is 2.34. The fourth-order valence-corrected chi connectivity index (χ4v) is 2.83. The van der Waals surface area contributed by atoms with Crippen LogP contribution in [0.3, 0.4) is 0 Å². The van der Waals surface area contributed by atoms with Crippen LogP contribution in [0.15, 0.2) is 36.4 Å². The molecule has 0 saturated heterocycles. The first-order valence-electron chi connectivity index (χ1n) is 5.51. The monoisotopic (exact) mass is 336 g/mol. The van der Waals surface area contributed by atoms with Crippen LogP contribution in [-0.2, 0) is 6.42 Å². The van der Waals surface area contributed by atoms with Crippen molar-refractivity contribution in [1.82, 2.24) is 0 Å². The summed E-state index contributed by atoms with van der Waals surface area (Å²) < 4.78 is 13.7. The van der Waals surface area contributed by atoms with E-state index in [0.717, 1.165) is 0 Å². The third kappa shape index (κ3) is 3.55. The fourth-order valence-electron chi connectivity index (χ4n) is 1.77. The molecule has 2 rings (SSSR count). The molecule has 0 bridgehead atoms. The highest BCUT2D eigenvalue weighted by molar-refractivity contribution is 6.35. The van der Waals surface area contributed by atoms with Gasteiger partial charge in [0.2, 0.25) is 0 Å². The predicted octanol–water partition coefficient (Wildman–Crippen LogP) is 6.31. The van der Waals surface area contributed by atoms with Gasteiger partial charge in [0.1, 0.15) is 5.82 Å². The minimum Gasteiger partial charge on any atom is -0.207 e. The molecule has 0 spiro atoms. The minimum absolute atomic E-state index is 0.243. The van der Waals surface area contributed by atoms with E-state index >= 15 is 0 Å². The first-order chi connectivity index (χ1) is 8.99. The summed E-state index contributed by atoms with van der Waals surface area (Å²) in [6.07, 6.45) is 0.243. The molecule has 5 heteroatoms. The lowest BCUT2D eigenvalue weighted by Crippen LogP contribution is -2.00. The maximum Gasteiger partial charge on any atom is 0.127 e. The highest BCUT2D eigenvalue weighted by atomic mass is 35.5. The van der Waals surface area contributed by atoms with Crippen LogP contribution in [-0.4, -0.2) is 0 Å². The molecule has 100 valence electrons. The van der Waals surface area contributed by atoms with Crippen molar-refractivity contribution < 1.29 is 4.39 Å². The molecule has 0 aliphatic carbocycles. The Balaban J connectivity index is 2.31. The van der Waals surface area contributed by atoms with Gasteiger partial charge in [0.05, 0.1) is 5.38 Å². The topological polar surface area (TPSA) is 0 Å². The second kappa shape index (κ2) is 6.32. The smallest absolute Gasteiger partial charge is 0.127 e. The zero-order chi connectivity index (χ0) is 14.0. The van der Waals surface area contributed by atoms with Crippen LogP contribution in [0.5, 0.6) is 0 Å². The summed E-state index contributed by atoms with van der Waals surface area (Å²) >= 11 is 24.2. The summed E-state index contributed by atoms with van der Waals surface area (Å²) in [7, 11) is 0. The lowest BCUT2D eigenvalue weighted by molar-refractivity contribution is 0.607. The maximum absolute atomic E-state index is 13.7. The van der Waals surface area contributed by atoms with Crippen molar-refractivity contribution in [3.8, 4) is 0 Å². The van der Waals surface area contributed by atoms with Crippen LogP contribution in [0, 0.1) is 5.82 Å². The number of hydrogen-bond acceptors (Lipinski definition) is 0. The zero-order valence-corrected chi connectivity index (χ0v) is 12.7. The fraction of sp³-hybridized carbons (Fsp3) is 0.143. The van der Waals surface area contributed by atoms with Gasteiger partial charge in [-0.15, -0.1) is 11.6 Å². The Morgan fingerprint density at radius 1 is 1.00 bits per heavy atom. The van der Waals surface area contributed by atoms with Crippen LogP contribution < -0.4 is 0 Å². The normalized spacial score (nSPS) is 12.5. The quantitative estimate of drug-likeness (QED) is 0.576. The number of alkyl halides is 1. The van der Waals surface area contributed by atoms with E-state index in [9.17, 15) is 4.39 Å². The van der Waals surface area contributed by atoms with Crippen LogP contribution in [0.4, 0.5) is 4.39 Å². The van der Waals surface area contributed by atoms with Gasteiger partial charge >= 0.3 is 0 Å². The Bertz CT molecular complexity index is 578. The molecule has 0 aliphatic rings. The van der Waals surface area contributed by atoms with E-state index in [-0.39, 0.29) is 12.2 Å². The van der Waals surface area contributed by atoms with Crippen LogP contribution >= 0.6 is 46.4 Å². The Labute approximate surface area is 131 Å². The molecule has 0 nitrogen and oxygen atoms in total. The molecule has 0 aliphatic heterocycles. The number of rotatable bonds is 3. The van der Waals surface area contributed by atoms with Crippen molar-refractivity contribution in [2.24, 2.45) is 0 Å². The third-order valence-corrected chi connectivity index (χ3v) is 4.06. The number of halogens is 5. The molecule has 0 N–H and O–H groups in total. The second-order valence-electron chi connectivity index (χ2n) is 4.04. The molecular weight excluding hydrogens is 329 g/mol. The Morgan fingerprint density at radius 3 is 2.42 bits per heavy atom. The van der Waals surface area contributed by atoms with Crippen molar-refractivity contribution in [3.63, 3.8) is 0 Å². The van der Waals surface area contributed by atoms with Gasteiger partial charge in [-0.25, -0.2) is 4.39 Å². The van der Waals surface area contributed by atoms with E-state index in [1.807, 2.05) is 0 Å². The first-order valence-corrected chi connectivity index (χ1v) is 7.08. The van der Waals surface area contributed by atoms with Gasteiger partial charge in [0, 0.05) is 20.6 Å². The van der Waals surface area contributed by atoms with Gasteiger partial charge in [-0.1, -0.05) is 40.9 Å². The maximum atomic E-state index is 13.7. The molecule has 1 atom stereocenters. The summed E-state index contributed by atoms with van der Waals surface area (Å²) in [6.45, 7) is 0. The van der Waals surface area contributed by atoms with Crippen molar-refractivity contribution >= 4 is 46.4 Å². The summed E-state index contributed by atoms with van der Waals surface area (Å²) in [5, 5.41) is 0.881. The van der Waals surface area contributed by atoms with Crippen LogP contribution in [0.1, 0.15) is 16.5 Å². The van der Waals surface area contributed by atoms with E-state index in [0.29, 0.717) is 26.2 Å². The van der Waals surface area contributed by atoms with Crippen LogP contribution in [0.2, 0.25) is 15.1 Å². The Kier molecular flexibility index (Phi) is 4.97. The molecular formula is C14H9Cl4F. The molecule has 0 heterocycles. The average molecular weight is 338 g/mol. The van der Waals surface area contributed by atoms with Gasteiger partial charge in [-0.2, -0.15) is 0 Å². The Hall–Kier alpha value is -0.470. The molecule has 2 aromatic rings. The van der Waals surface area contributed by atoms with Gasteiger partial charge in [0.25, 0.3) is 0 Å². The Morgan fingerprint density at radius 2 is 1.74 bits per heavy atom. The molecule has 0 aromatic heterocycles. The molecule has 1 unspecified atom stereocenters. The average Bonchev–Trinajstić information content (AvgIpc) is 2.37. The SMILES string of the molecule is Fc1cccc(Cl)c1CC(Cl)c1cc(Cl)ccc1Cl. The molecule has 0 fully saturated rings. The lowest BCUT2D eigenvalue weighted by atomic mass is 10.0. The third-order valence-electron chi connectivity index (χ3n) is 2.74. The van der Waals surface area contributed by atoms with Gasteiger partial charge < -0.3 is 0 Å². The second-order valence-corrected chi connectivity index (χ2v) is 5.82. The van der Waals surface area contributed by atoms with E-state index in [2.05, 4.69) is 0 Å². The standard InChI is InChI=1S/C14H9Cl4F/c15-8-4-5-12(17)9(6-8)13(18)7-10-11(16)2-1-3-14(10)19/h1-6,13H,7H2. The van der Waals surface area contributed by atoms with Gasteiger partial charge in [0.15, 0.2) is 0 Å². The first kappa shape index (κ1) is 14.9. The summed E-state index contributed by atoms with van der Waals surface area (Å²) in [5.74, 6) is -0.378. The van der Waals surface area contributed by atoms with Gasteiger partial charge in [-0.05, 0) is 42.3 Å². The molecule has 2 aromatic carbocycles. The molecule has 19 heavy (non-hydrogen) atoms. The van der Waals surface area contributed by atoms with Crippen LogP contribution in [0.25, 0.3) is 0 Å². The highest BCUT2D eigenvalue weighted by Gasteiger charge is 2.17. The molecule has 0 amide bonds. The largest absolute Gasteiger partial charge is 0.207 e. The van der Waals surface area contributed by atoms with E-state index in [1.54, 1.807) is 30.3 Å². The van der Waals surface area contributed by atoms with Crippen molar-refractivity contribution in [3.05, 3.63) is 68.4 Å². The summed E-state index contributed by atoms with van der Waals surface area (Å²) in [5.41, 5.74) is 1.04. The van der Waals surface area contributed by atoms with Gasteiger partial charge in [-0.3, -0.25) is 0 Å². The molecule has 0 saturated carbocycles. The van der Waals surface area contributed by atoms with E-state index < -0.39 is 5.38 Å². The molecule has 0 radical (unpaired) electrons. The van der Waals surface area contributed by atoms with E-state index in [4.69, 9.17) is 46.4 Å². The summed E-state index contributed by atoms with van der Waals surface area (Å²) in [4.78, 5) is 0.